The van der Waals surface area contributed by atoms with Crippen LogP contribution in [-0.2, 0) is 11.2 Å². The van der Waals surface area contributed by atoms with Crippen molar-refractivity contribution in [3.8, 4) is 0 Å². The minimum atomic E-state index is -0.0566. The van der Waals surface area contributed by atoms with E-state index in [0.717, 1.165) is 22.4 Å². The van der Waals surface area contributed by atoms with Crippen LogP contribution >= 0.6 is 11.3 Å². The van der Waals surface area contributed by atoms with Gasteiger partial charge in [-0.2, -0.15) is 0 Å². The van der Waals surface area contributed by atoms with Crippen molar-refractivity contribution in [3.63, 3.8) is 0 Å². The molecule has 20 heavy (non-hydrogen) atoms. The third-order valence-corrected chi connectivity index (χ3v) is 4.28. The van der Waals surface area contributed by atoms with E-state index in [9.17, 15) is 4.79 Å². The zero-order valence-electron chi connectivity index (χ0n) is 11.5. The number of nitrogens with one attached hydrogen (secondary N) is 1. The molecule has 1 aliphatic rings. The Balaban J connectivity index is 1.49. The van der Waals surface area contributed by atoms with Crippen molar-refractivity contribution in [1.82, 2.24) is 10.2 Å². The number of furan rings is 1. The number of hydrogen-bond acceptors (Lipinski definition) is 5. The summed E-state index contributed by atoms with van der Waals surface area (Å²) >= 11 is 1.38. The summed E-state index contributed by atoms with van der Waals surface area (Å²) in [6.45, 7) is 4.08. The molecule has 6 heteroatoms. The van der Waals surface area contributed by atoms with E-state index < -0.39 is 0 Å². The number of carbonyl (C=O) groups is 1. The van der Waals surface area contributed by atoms with Crippen molar-refractivity contribution in [2.24, 2.45) is 5.92 Å². The lowest BCUT2D eigenvalue weighted by atomic mass is 10.2. The fourth-order valence-corrected chi connectivity index (χ4v) is 2.82. The number of rotatable bonds is 5. The van der Waals surface area contributed by atoms with Gasteiger partial charge in [0.1, 0.15) is 16.5 Å². The number of aryl methyl sites for hydroxylation is 2. The van der Waals surface area contributed by atoms with Crippen molar-refractivity contribution in [3.05, 3.63) is 28.7 Å². The number of aromatic nitrogens is 2. The zero-order chi connectivity index (χ0) is 14.1. The van der Waals surface area contributed by atoms with Gasteiger partial charge in [0, 0.05) is 18.8 Å². The van der Waals surface area contributed by atoms with Crippen LogP contribution in [-0.4, -0.2) is 16.1 Å². The van der Waals surface area contributed by atoms with Gasteiger partial charge in [0.25, 0.3) is 0 Å². The number of amides is 1. The predicted octanol–water partition coefficient (Wildman–Crippen LogP) is 3.13. The van der Waals surface area contributed by atoms with E-state index in [-0.39, 0.29) is 5.91 Å². The number of anilines is 1. The molecule has 0 unspecified atom stereocenters. The molecule has 1 N–H and O–H groups in total. The van der Waals surface area contributed by atoms with E-state index in [0.29, 0.717) is 23.9 Å². The monoisotopic (exact) mass is 291 g/mol. The number of carbonyl (C=O) groups excluding carboxylic acids is 1. The highest BCUT2D eigenvalue weighted by atomic mass is 32.1. The summed E-state index contributed by atoms with van der Waals surface area (Å²) in [6, 6.07) is 4.01. The molecule has 0 aliphatic heterocycles. The maximum Gasteiger partial charge on any atom is 0.226 e. The molecule has 0 saturated heterocycles. The Labute approximate surface area is 121 Å². The summed E-state index contributed by atoms with van der Waals surface area (Å²) in [5.74, 6) is 3.20. The van der Waals surface area contributed by atoms with E-state index in [1.807, 2.05) is 19.1 Å². The standard InChI is InChI=1S/C14H17N3O2S/c1-8-7-11(8)12-5-3-10(19-12)4-6-13(18)15-14-17-16-9(2)20-14/h3,5,8,11H,4,6-7H2,1-2H3,(H,15,17,18)/t8-,11+/m1/s1. The Morgan fingerprint density at radius 3 is 2.95 bits per heavy atom. The van der Waals surface area contributed by atoms with E-state index in [1.165, 1.54) is 17.8 Å². The molecule has 5 nitrogen and oxygen atoms in total. The SMILES string of the molecule is Cc1nnc(NC(=O)CCc2ccc([C@H]3C[C@H]3C)o2)s1. The van der Waals surface area contributed by atoms with E-state index in [4.69, 9.17) is 4.42 Å². The summed E-state index contributed by atoms with van der Waals surface area (Å²) in [6.07, 6.45) is 2.22. The Morgan fingerprint density at radius 2 is 2.30 bits per heavy atom. The molecule has 0 bridgehead atoms. The van der Waals surface area contributed by atoms with Gasteiger partial charge in [0.2, 0.25) is 11.0 Å². The zero-order valence-corrected chi connectivity index (χ0v) is 12.4. The second kappa shape index (κ2) is 5.36. The third-order valence-electron chi connectivity index (χ3n) is 3.53. The molecule has 0 spiro atoms. The van der Waals surface area contributed by atoms with Crippen LogP contribution in [0.3, 0.4) is 0 Å². The number of hydrogen-bond donors (Lipinski definition) is 1. The fourth-order valence-electron chi connectivity index (χ4n) is 2.21. The van der Waals surface area contributed by atoms with Gasteiger partial charge in [-0.15, -0.1) is 10.2 Å². The first kappa shape index (κ1) is 13.3. The average Bonchev–Trinajstić information content (AvgIpc) is 2.82. The predicted molar refractivity (Wildman–Crippen MR) is 76.8 cm³/mol. The lowest BCUT2D eigenvalue weighted by molar-refractivity contribution is -0.116. The molecular formula is C14H17N3O2S. The molecule has 2 aromatic heterocycles. The summed E-state index contributed by atoms with van der Waals surface area (Å²) < 4.78 is 5.78. The normalized spacial score (nSPS) is 20.9. The van der Waals surface area contributed by atoms with Crippen molar-refractivity contribution in [2.75, 3.05) is 5.32 Å². The first-order chi connectivity index (χ1) is 9.61. The Hall–Kier alpha value is -1.69. The van der Waals surface area contributed by atoms with Gasteiger partial charge in [0.15, 0.2) is 0 Å². The van der Waals surface area contributed by atoms with Gasteiger partial charge < -0.3 is 9.73 Å². The Bertz CT molecular complexity index is 619. The van der Waals surface area contributed by atoms with Crippen molar-refractivity contribution >= 4 is 22.4 Å². The van der Waals surface area contributed by atoms with Crippen LogP contribution in [0.1, 0.15) is 42.2 Å². The fraction of sp³-hybridized carbons (Fsp3) is 0.500. The summed E-state index contributed by atoms with van der Waals surface area (Å²) in [7, 11) is 0. The molecular weight excluding hydrogens is 274 g/mol. The Morgan fingerprint density at radius 1 is 1.50 bits per heavy atom. The van der Waals surface area contributed by atoms with Gasteiger partial charge in [-0.25, -0.2) is 0 Å². The van der Waals surface area contributed by atoms with Gasteiger partial charge in [-0.3, -0.25) is 4.79 Å². The Kier molecular flexibility index (Phi) is 3.56. The van der Waals surface area contributed by atoms with E-state index >= 15 is 0 Å². The summed E-state index contributed by atoms with van der Waals surface area (Å²) in [4.78, 5) is 11.8. The molecule has 2 atom stereocenters. The maximum absolute atomic E-state index is 11.8. The highest BCUT2D eigenvalue weighted by molar-refractivity contribution is 7.15. The number of nitrogens with zero attached hydrogens (tertiary/aromatic N) is 2. The topological polar surface area (TPSA) is 68.0 Å². The highest BCUT2D eigenvalue weighted by Gasteiger charge is 2.36. The van der Waals surface area contributed by atoms with Gasteiger partial charge in [0.05, 0.1) is 0 Å². The van der Waals surface area contributed by atoms with Crippen LogP contribution in [0, 0.1) is 12.8 Å². The van der Waals surface area contributed by atoms with Gasteiger partial charge in [-0.05, 0) is 31.4 Å². The lowest BCUT2D eigenvalue weighted by Gasteiger charge is -1.99. The van der Waals surface area contributed by atoms with Crippen LogP contribution in [0.25, 0.3) is 0 Å². The minimum Gasteiger partial charge on any atom is -0.466 e. The van der Waals surface area contributed by atoms with Crippen LogP contribution in [0.4, 0.5) is 5.13 Å². The molecule has 1 amide bonds. The van der Waals surface area contributed by atoms with Crippen molar-refractivity contribution in [2.45, 2.75) is 39.0 Å². The quantitative estimate of drug-likeness (QED) is 0.919. The van der Waals surface area contributed by atoms with Crippen LogP contribution in [0.2, 0.25) is 0 Å². The molecule has 106 valence electrons. The molecule has 1 fully saturated rings. The first-order valence-electron chi connectivity index (χ1n) is 6.80. The van der Waals surface area contributed by atoms with Gasteiger partial charge in [-0.1, -0.05) is 18.3 Å². The van der Waals surface area contributed by atoms with Crippen LogP contribution < -0.4 is 5.32 Å². The third kappa shape index (κ3) is 3.07. The second-order valence-electron chi connectivity index (χ2n) is 5.30. The average molecular weight is 291 g/mol. The van der Waals surface area contributed by atoms with Crippen molar-refractivity contribution in [1.29, 1.82) is 0 Å². The lowest BCUT2D eigenvalue weighted by Crippen LogP contribution is -2.11. The van der Waals surface area contributed by atoms with Crippen LogP contribution in [0.15, 0.2) is 16.5 Å². The highest BCUT2D eigenvalue weighted by Crippen LogP contribution is 2.47. The van der Waals surface area contributed by atoms with E-state index in [1.54, 1.807) is 0 Å². The molecule has 3 rings (SSSR count). The summed E-state index contributed by atoms with van der Waals surface area (Å²) in [5, 5.41) is 11.9. The molecule has 1 saturated carbocycles. The smallest absolute Gasteiger partial charge is 0.226 e. The molecule has 2 heterocycles. The molecule has 0 radical (unpaired) electrons. The first-order valence-corrected chi connectivity index (χ1v) is 7.62. The largest absolute Gasteiger partial charge is 0.466 e. The minimum absolute atomic E-state index is 0.0566. The molecule has 1 aliphatic carbocycles. The maximum atomic E-state index is 11.8. The van der Waals surface area contributed by atoms with Gasteiger partial charge >= 0.3 is 0 Å². The van der Waals surface area contributed by atoms with Crippen LogP contribution in [0.5, 0.6) is 0 Å². The summed E-state index contributed by atoms with van der Waals surface area (Å²) in [5.41, 5.74) is 0. The molecule has 0 aromatic carbocycles. The van der Waals surface area contributed by atoms with E-state index in [2.05, 4.69) is 22.4 Å². The second-order valence-corrected chi connectivity index (χ2v) is 6.48. The molecule has 2 aromatic rings. The van der Waals surface area contributed by atoms with Crippen molar-refractivity contribution < 1.29 is 9.21 Å².